The molecule has 1 heterocycles. The zero-order valence-electron chi connectivity index (χ0n) is 13.8. The highest BCUT2D eigenvalue weighted by atomic mass is 35.5. The van der Waals surface area contributed by atoms with Crippen LogP contribution in [0.2, 0.25) is 5.02 Å². The molecule has 2 aromatic carbocycles. The van der Waals surface area contributed by atoms with E-state index in [2.05, 4.69) is 0 Å². The van der Waals surface area contributed by atoms with Gasteiger partial charge in [0.25, 0.3) is 0 Å². The number of sulfonamides is 1. The Morgan fingerprint density at radius 1 is 1.00 bits per heavy atom. The van der Waals surface area contributed by atoms with Gasteiger partial charge in [-0.25, -0.2) is 8.42 Å². The fraction of sp³-hybridized carbons (Fsp3) is 0.316. The Bertz CT molecular complexity index is 827. The van der Waals surface area contributed by atoms with E-state index >= 15 is 0 Å². The van der Waals surface area contributed by atoms with Crippen LogP contribution in [-0.4, -0.2) is 32.1 Å². The molecule has 0 N–H and O–H groups in total. The molecule has 0 spiro atoms. The summed E-state index contributed by atoms with van der Waals surface area (Å²) in [5, 5.41) is 0.506. The molecule has 4 nitrogen and oxygen atoms in total. The first-order chi connectivity index (χ1) is 12.0. The molecule has 0 aliphatic carbocycles. The van der Waals surface area contributed by atoms with E-state index in [1.54, 1.807) is 12.1 Å². The molecule has 0 bridgehead atoms. The number of carbonyl (C=O) groups is 1. The summed E-state index contributed by atoms with van der Waals surface area (Å²) in [6.07, 6.45) is 2.60. The Hall–Kier alpha value is -1.69. The third kappa shape index (κ3) is 3.64. The molecule has 6 heteroatoms. The molecule has 0 unspecified atom stereocenters. The lowest BCUT2D eigenvalue weighted by molar-refractivity contribution is -0.109. The molecule has 0 amide bonds. The number of halogens is 1. The van der Waals surface area contributed by atoms with Crippen molar-refractivity contribution in [3.63, 3.8) is 0 Å². The van der Waals surface area contributed by atoms with Crippen LogP contribution in [0.5, 0.6) is 0 Å². The van der Waals surface area contributed by atoms with E-state index in [4.69, 9.17) is 11.6 Å². The monoisotopic (exact) mass is 377 g/mol. The minimum atomic E-state index is -3.54. The molecule has 25 heavy (non-hydrogen) atoms. The second kappa shape index (κ2) is 7.28. The first kappa shape index (κ1) is 18.1. The Morgan fingerprint density at radius 3 is 2.16 bits per heavy atom. The van der Waals surface area contributed by atoms with Crippen LogP contribution in [0.4, 0.5) is 0 Å². The van der Waals surface area contributed by atoms with E-state index in [-0.39, 0.29) is 10.3 Å². The molecular formula is C19H20ClNO3S. The predicted octanol–water partition coefficient (Wildman–Crippen LogP) is 3.65. The van der Waals surface area contributed by atoms with Gasteiger partial charge in [0.05, 0.1) is 4.90 Å². The van der Waals surface area contributed by atoms with Crippen molar-refractivity contribution in [2.24, 2.45) is 0 Å². The maximum absolute atomic E-state index is 12.8. The Morgan fingerprint density at radius 2 is 1.60 bits per heavy atom. The topological polar surface area (TPSA) is 54.5 Å². The summed E-state index contributed by atoms with van der Waals surface area (Å²) in [4.78, 5) is 11.5. The summed E-state index contributed by atoms with van der Waals surface area (Å²) in [6, 6.07) is 16.1. The van der Waals surface area contributed by atoms with Gasteiger partial charge < -0.3 is 4.79 Å². The second-order valence-corrected chi connectivity index (χ2v) is 8.75. The molecule has 3 rings (SSSR count). The van der Waals surface area contributed by atoms with Crippen molar-refractivity contribution >= 4 is 27.9 Å². The smallest absolute Gasteiger partial charge is 0.243 e. The lowest BCUT2D eigenvalue weighted by Crippen LogP contribution is -2.45. The lowest BCUT2D eigenvalue weighted by atomic mass is 9.71. The van der Waals surface area contributed by atoms with E-state index in [9.17, 15) is 13.2 Å². The third-order valence-corrected chi connectivity index (χ3v) is 7.16. The average molecular weight is 378 g/mol. The number of carbonyl (C=O) groups excluding carboxylic acids is 1. The molecular weight excluding hydrogens is 358 g/mol. The standard InChI is InChI=1S/C19H20ClNO3S/c20-17-6-8-18(9-7-17)25(23,24)21-13-10-19(11-14-21,12-15-22)16-4-2-1-3-5-16/h1-9,15H,10-14H2. The van der Waals surface area contributed by atoms with Gasteiger partial charge in [0.15, 0.2) is 0 Å². The number of nitrogens with zero attached hydrogens (tertiary/aromatic N) is 1. The maximum atomic E-state index is 12.8. The van der Waals surface area contributed by atoms with Crippen molar-refractivity contribution in [3.05, 3.63) is 65.2 Å². The first-order valence-electron chi connectivity index (χ1n) is 8.23. The summed E-state index contributed by atoms with van der Waals surface area (Å²) in [5.74, 6) is 0. The van der Waals surface area contributed by atoms with Crippen molar-refractivity contribution in [2.45, 2.75) is 29.6 Å². The van der Waals surface area contributed by atoms with Crippen LogP contribution in [0.25, 0.3) is 0 Å². The summed E-state index contributed by atoms with van der Waals surface area (Å²) in [6.45, 7) is 0.793. The molecule has 0 aromatic heterocycles. The minimum Gasteiger partial charge on any atom is -0.303 e. The van der Waals surface area contributed by atoms with Gasteiger partial charge in [-0.3, -0.25) is 0 Å². The number of rotatable bonds is 5. The SMILES string of the molecule is O=CCC1(c2ccccc2)CCN(S(=O)(=O)c2ccc(Cl)cc2)CC1. The van der Waals surface area contributed by atoms with Crippen LogP contribution in [-0.2, 0) is 20.2 Å². The molecule has 1 fully saturated rings. The molecule has 1 aliphatic heterocycles. The van der Waals surface area contributed by atoms with Crippen LogP contribution in [0.15, 0.2) is 59.5 Å². The van der Waals surface area contributed by atoms with E-state index in [0.717, 1.165) is 11.8 Å². The maximum Gasteiger partial charge on any atom is 0.243 e. The number of hydrogen-bond acceptors (Lipinski definition) is 3. The van der Waals surface area contributed by atoms with Crippen LogP contribution >= 0.6 is 11.6 Å². The van der Waals surface area contributed by atoms with Gasteiger partial charge in [-0.05, 0) is 42.7 Å². The van der Waals surface area contributed by atoms with Crippen LogP contribution in [0, 0.1) is 0 Å². The summed E-state index contributed by atoms with van der Waals surface area (Å²) in [5.41, 5.74) is 0.820. The van der Waals surface area contributed by atoms with Crippen molar-refractivity contribution in [1.29, 1.82) is 0 Å². The van der Waals surface area contributed by atoms with Gasteiger partial charge in [0.2, 0.25) is 10.0 Å². The zero-order valence-corrected chi connectivity index (χ0v) is 15.3. The number of benzene rings is 2. The fourth-order valence-electron chi connectivity index (χ4n) is 3.47. The van der Waals surface area contributed by atoms with Gasteiger partial charge in [-0.1, -0.05) is 41.9 Å². The largest absolute Gasteiger partial charge is 0.303 e. The van der Waals surface area contributed by atoms with Crippen molar-refractivity contribution in [2.75, 3.05) is 13.1 Å². The molecule has 2 aromatic rings. The van der Waals surface area contributed by atoms with E-state index in [1.165, 1.54) is 16.4 Å². The van der Waals surface area contributed by atoms with Crippen molar-refractivity contribution in [3.8, 4) is 0 Å². The second-order valence-electron chi connectivity index (χ2n) is 6.38. The summed E-state index contributed by atoms with van der Waals surface area (Å²) < 4.78 is 27.1. The van der Waals surface area contributed by atoms with Gasteiger partial charge >= 0.3 is 0 Å². The van der Waals surface area contributed by atoms with Gasteiger partial charge in [0, 0.05) is 29.9 Å². The zero-order chi connectivity index (χ0) is 17.9. The number of hydrogen-bond donors (Lipinski definition) is 0. The van der Waals surface area contributed by atoms with Crippen LogP contribution < -0.4 is 0 Å². The minimum absolute atomic E-state index is 0.250. The van der Waals surface area contributed by atoms with E-state index < -0.39 is 10.0 Å². The highest BCUT2D eigenvalue weighted by Gasteiger charge is 2.39. The van der Waals surface area contributed by atoms with E-state index in [1.807, 2.05) is 30.3 Å². The number of aldehydes is 1. The highest BCUT2D eigenvalue weighted by molar-refractivity contribution is 7.89. The normalized spacial score (nSPS) is 18.0. The van der Waals surface area contributed by atoms with Crippen molar-refractivity contribution in [1.82, 2.24) is 4.31 Å². The Labute approximate surface area is 153 Å². The Kier molecular flexibility index (Phi) is 5.27. The quantitative estimate of drug-likeness (QED) is 0.747. The molecule has 132 valence electrons. The van der Waals surface area contributed by atoms with Gasteiger partial charge in [-0.2, -0.15) is 4.31 Å². The molecule has 1 aliphatic rings. The molecule has 0 radical (unpaired) electrons. The first-order valence-corrected chi connectivity index (χ1v) is 10.0. The van der Waals surface area contributed by atoms with Crippen molar-refractivity contribution < 1.29 is 13.2 Å². The molecule has 0 saturated carbocycles. The number of piperidine rings is 1. The van der Waals surface area contributed by atoms with Gasteiger partial charge in [-0.15, -0.1) is 0 Å². The highest BCUT2D eigenvalue weighted by Crippen LogP contribution is 2.39. The van der Waals surface area contributed by atoms with Crippen LogP contribution in [0.1, 0.15) is 24.8 Å². The summed E-state index contributed by atoms with van der Waals surface area (Å²) >= 11 is 5.85. The molecule has 1 saturated heterocycles. The third-order valence-electron chi connectivity index (χ3n) is 4.99. The van der Waals surface area contributed by atoms with E-state index in [0.29, 0.717) is 37.4 Å². The fourth-order valence-corrected chi connectivity index (χ4v) is 5.04. The summed E-state index contributed by atoms with van der Waals surface area (Å²) in [7, 11) is -3.54. The van der Waals surface area contributed by atoms with Crippen LogP contribution in [0.3, 0.4) is 0 Å². The molecule has 0 atom stereocenters. The predicted molar refractivity (Wildman–Crippen MR) is 98.2 cm³/mol. The average Bonchev–Trinajstić information content (AvgIpc) is 2.63. The lowest BCUT2D eigenvalue weighted by Gasteiger charge is -2.40. The Balaban J connectivity index is 1.82. The van der Waals surface area contributed by atoms with Gasteiger partial charge in [0.1, 0.15) is 6.29 Å².